The van der Waals surface area contributed by atoms with Crippen molar-refractivity contribution in [2.75, 3.05) is 0 Å². The first-order valence-electron chi connectivity index (χ1n) is 2.82. The first kappa shape index (κ1) is 6.61. The van der Waals surface area contributed by atoms with Crippen molar-refractivity contribution in [3.63, 3.8) is 0 Å². The lowest BCUT2D eigenvalue weighted by Gasteiger charge is -1.85. The largest absolute Gasteiger partial charge is 0.265 e. The van der Waals surface area contributed by atoms with Crippen LogP contribution in [0.5, 0.6) is 0 Å². The van der Waals surface area contributed by atoms with Crippen molar-refractivity contribution in [3.05, 3.63) is 41.2 Å². The maximum absolute atomic E-state index is 9.63. The molecule has 0 aliphatic heterocycles. The van der Waals surface area contributed by atoms with Crippen molar-refractivity contribution in [2.24, 2.45) is 5.18 Å². The molecule has 0 aromatic carbocycles. The standard InChI is InChI=1S/C7H6N2O/c10-9-6-3-7-1-4-8-5-2-7/h1-6H/b6-3+. The second-order valence-electron chi connectivity index (χ2n) is 1.70. The van der Waals surface area contributed by atoms with Crippen molar-refractivity contribution < 1.29 is 0 Å². The molecule has 1 rings (SSSR count). The Balaban J connectivity index is 2.76. The van der Waals surface area contributed by atoms with E-state index in [1.165, 1.54) is 6.20 Å². The van der Waals surface area contributed by atoms with Crippen LogP contribution in [-0.4, -0.2) is 4.98 Å². The Kier molecular flexibility index (Phi) is 2.31. The SMILES string of the molecule is O=N/C=C/c1ccncc1. The smallest absolute Gasteiger partial charge is 0.0720 e. The van der Waals surface area contributed by atoms with E-state index in [-0.39, 0.29) is 0 Å². The summed E-state index contributed by atoms with van der Waals surface area (Å²) in [5.74, 6) is 0. The molecular weight excluding hydrogens is 128 g/mol. The molecule has 0 aliphatic carbocycles. The fourth-order valence-electron chi connectivity index (χ4n) is 0.591. The van der Waals surface area contributed by atoms with Gasteiger partial charge < -0.3 is 0 Å². The maximum Gasteiger partial charge on any atom is 0.0720 e. The van der Waals surface area contributed by atoms with Crippen LogP contribution < -0.4 is 0 Å². The molecule has 0 spiro atoms. The van der Waals surface area contributed by atoms with E-state index in [1.807, 2.05) is 0 Å². The van der Waals surface area contributed by atoms with Gasteiger partial charge in [0, 0.05) is 12.4 Å². The fraction of sp³-hybridized carbons (Fsp3) is 0. The van der Waals surface area contributed by atoms with Crippen LogP contribution in [0.2, 0.25) is 0 Å². The van der Waals surface area contributed by atoms with Crippen LogP contribution in [0, 0.1) is 4.91 Å². The number of nitrogens with zero attached hydrogens (tertiary/aromatic N) is 2. The van der Waals surface area contributed by atoms with Gasteiger partial charge in [-0.3, -0.25) is 4.98 Å². The van der Waals surface area contributed by atoms with Crippen LogP contribution in [0.15, 0.2) is 35.9 Å². The van der Waals surface area contributed by atoms with Gasteiger partial charge in [-0.05, 0) is 28.9 Å². The number of pyridine rings is 1. The van der Waals surface area contributed by atoms with Crippen molar-refractivity contribution in [3.8, 4) is 0 Å². The molecule has 3 nitrogen and oxygen atoms in total. The van der Waals surface area contributed by atoms with E-state index in [1.54, 1.807) is 30.6 Å². The molecule has 1 aromatic heterocycles. The Morgan fingerprint density at radius 1 is 1.40 bits per heavy atom. The average Bonchev–Trinajstić information content (AvgIpc) is 2.03. The summed E-state index contributed by atoms with van der Waals surface area (Å²) in [5.41, 5.74) is 0.926. The van der Waals surface area contributed by atoms with Crippen molar-refractivity contribution >= 4 is 6.08 Å². The third kappa shape index (κ3) is 1.78. The van der Waals surface area contributed by atoms with Gasteiger partial charge in [-0.15, -0.1) is 4.91 Å². The molecule has 0 atom stereocenters. The quantitative estimate of drug-likeness (QED) is 0.579. The van der Waals surface area contributed by atoms with Gasteiger partial charge in [-0.25, -0.2) is 0 Å². The Morgan fingerprint density at radius 2 is 2.10 bits per heavy atom. The normalized spacial score (nSPS) is 10.0. The highest BCUT2D eigenvalue weighted by molar-refractivity contribution is 5.47. The maximum atomic E-state index is 9.63. The fourth-order valence-corrected chi connectivity index (χ4v) is 0.591. The van der Waals surface area contributed by atoms with Crippen LogP contribution in [0.3, 0.4) is 0 Å². The predicted molar refractivity (Wildman–Crippen MR) is 39.1 cm³/mol. The van der Waals surface area contributed by atoms with Crippen molar-refractivity contribution in [1.29, 1.82) is 0 Å². The van der Waals surface area contributed by atoms with Crippen molar-refractivity contribution in [2.45, 2.75) is 0 Å². The van der Waals surface area contributed by atoms with Gasteiger partial charge >= 0.3 is 0 Å². The Hall–Kier alpha value is -1.51. The highest BCUT2D eigenvalue weighted by Crippen LogP contribution is 1.98. The zero-order valence-electron chi connectivity index (χ0n) is 5.27. The lowest BCUT2D eigenvalue weighted by molar-refractivity contribution is 1.32. The molecule has 0 radical (unpaired) electrons. The van der Waals surface area contributed by atoms with E-state index in [0.717, 1.165) is 5.56 Å². The minimum atomic E-state index is 0.926. The molecule has 0 unspecified atom stereocenters. The Morgan fingerprint density at radius 3 is 2.70 bits per heavy atom. The summed E-state index contributed by atoms with van der Waals surface area (Å²) in [5, 5.41) is 2.58. The lowest BCUT2D eigenvalue weighted by atomic mass is 10.3. The Bertz CT molecular complexity index is 231. The van der Waals surface area contributed by atoms with Crippen LogP contribution in [0.4, 0.5) is 0 Å². The van der Waals surface area contributed by atoms with Crippen LogP contribution >= 0.6 is 0 Å². The summed E-state index contributed by atoms with van der Waals surface area (Å²) >= 11 is 0. The molecule has 1 aromatic rings. The highest BCUT2D eigenvalue weighted by atomic mass is 16.2. The number of hydrogen-bond donors (Lipinski definition) is 0. The third-order valence-electron chi connectivity index (χ3n) is 1.03. The summed E-state index contributed by atoms with van der Waals surface area (Å²) in [6.07, 6.45) is 6.14. The van der Waals surface area contributed by atoms with Gasteiger partial charge in [0.1, 0.15) is 0 Å². The number of hydrogen-bond acceptors (Lipinski definition) is 3. The molecule has 10 heavy (non-hydrogen) atoms. The van der Waals surface area contributed by atoms with Crippen LogP contribution in [0.25, 0.3) is 6.08 Å². The number of aromatic nitrogens is 1. The molecule has 1 heterocycles. The predicted octanol–water partition coefficient (Wildman–Crippen LogP) is 1.82. The number of nitroso groups, excluding NO2 is 1. The molecule has 0 aliphatic rings. The molecule has 0 saturated heterocycles. The molecule has 0 amide bonds. The minimum Gasteiger partial charge on any atom is -0.265 e. The summed E-state index contributed by atoms with van der Waals surface area (Å²) < 4.78 is 0. The molecule has 0 bridgehead atoms. The van der Waals surface area contributed by atoms with E-state index >= 15 is 0 Å². The summed E-state index contributed by atoms with van der Waals surface area (Å²) in [4.78, 5) is 13.4. The first-order valence-corrected chi connectivity index (χ1v) is 2.82. The average molecular weight is 134 g/mol. The topological polar surface area (TPSA) is 42.3 Å². The third-order valence-corrected chi connectivity index (χ3v) is 1.03. The minimum absolute atomic E-state index is 0.926. The summed E-state index contributed by atoms with van der Waals surface area (Å²) in [6.45, 7) is 0. The van der Waals surface area contributed by atoms with Gasteiger partial charge in [0.2, 0.25) is 0 Å². The Labute approximate surface area is 58.4 Å². The van der Waals surface area contributed by atoms with E-state index in [4.69, 9.17) is 0 Å². The van der Waals surface area contributed by atoms with Gasteiger partial charge in [-0.1, -0.05) is 0 Å². The second-order valence-corrected chi connectivity index (χ2v) is 1.70. The number of rotatable bonds is 2. The first-order chi connectivity index (χ1) is 4.93. The van der Waals surface area contributed by atoms with E-state index in [9.17, 15) is 4.91 Å². The van der Waals surface area contributed by atoms with Gasteiger partial charge in [-0.2, -0.15) is 0 Å². The van der Waals surface area contributed by atoms with E-state index in [2.05, 4.69) is 10.2 Å². The highest BCUT2D eigenvalue weighted by Gasteiger charge is 1.80. The zero-order valence-corrected chi connectivity index (χ0v) is 5.27. The second kappa shape index (κ2) is 3.50. The van der Waals surface area contributed by atoms with Gasteiger partial charge in [0.15, 0.2) is 0 Å². The zero-order chi connectivity index (χ0) is 7.23. The van der Waals surface area contributed by atoms with Gasteiger partial charge in [0.25, 0.3) is 0 Å². The van der Waals surface area contributed by atoms with Gasteiger partial charge in [0.05, 0.1) is 6.20 Å². The monoisotopic (exact) mass is 134 g/mol. The van der Waals surface area contributed by atoms with Crippen LogP contribution in [-0.2, 0) is 0 Å². The van der Waals surface area contributed by atoms with E-state index < -0.39 is 0 Å². The molecular formula is C7H6N2O. The van der Waals surface area contributed by atoms with Crippen LogP contribution in [0.1, 0.15) is 5.56 Å². The molecule has 0 N–H and O–H groups in total. The summed E-state index contributed by atoms with van der Waals surface area (Å²) in [6, 6.07) is 3.59. The van der Waals surface area contributed by atoms with E-state index in [0.29, 0.717) is 0 Å². The molecule has 50 valence electrons. The molecule has 0 fully saturated rings. The lowest BCUT2D eigenvalue weighted by Crippen LogP contribution is -1.70. The molecule has 0 saturated carbocycles. The van der Waals surface area contributed by atoms with Crippen molar-refractivity contribution in [1.82, 2.24) is 4.98 Å². The molecule has 3 heteroatoms. The summed E-state index contributed by atoms with van der Waals surface area (Å²) in [7, 11) is 0.